The summed E-state index contributed by atoms with van der Waals surface area (Å²) in [5.74, 6) is 0.995. The van der Waals surface area contributed by atoms with Crippen LogP contribution in [0.4, 0.5) is 0 Å². The Hall–Kier alpha value is -1.54. The van der Waals surface area contributed by atoms with Gasteiger partial charge in [-0.25, -0.2) is 0 Å². The molecule has 0 saturated heterocycles. The molecule has 0 unspecified atom stereocenters. The summed E-state index contributed by atoms with van der Waals surface area (Å²) in [6.07, 6.45) is 1.95. The molecule has 0 heterocycles. The summed E-state index contributed by atoms with van der Waals surface area (Å²) < 4.78 is 11.0. The molecular weight excluding hydrogens is 236 g/mol. The second-order valence-electron chi connectivity index (χ2n) is 4.75. The predicted molar refractivity (Wildman–Crippen MR) is 80.1 cm³/mol. The Labute approximate surface area is 115 Å². The molecule has 0 aromatic heterocycles. The lowest BCUT2D eigenvalue weighted by molar-refractivity contribution is 0.172. The quantitative estimate of drug-likeness (QED) is 0.725. The smallest absolute Gasteiger partial charge is 0.127 e. The van der Waals surface area contributed by atoms with E-state index in [0.29, 0.717) is 6.61 Å². The zero-order chi connectivity index (χ0) is 13.7. The number of methoxy groups -OCH3 is 1. The summed E-state index contributed by atoms with van der Waals surface area (Å²) in [6.45, 7) is 5.82. The molecule has 0 amide bonds. The Morgan fingerprint density at radius 3 is 2.47 bits per heavy atom. The van der Waals surface area contributed by atoms with Crippen LogP contribution in [0, 0.1) is 6.92 Å². The molecule has 0 N–H and O–H groups in total. The molecule has 2 aromatic carbocycles. The minimum absolute atomic E-state index is 0.698. The number of fused-ring (bicyclic) bond motifs is 1. The van der Waals surface area contributed by atoms with Crippen molar-refractivity contribution >= 4 is 10.8 Å². The lowest BCUT2D eigenvalue weighted by Gasteiger charge is -2.14. The summed E-state index contributed by atoms with van der Waals surface area (Å²) in [6, 6.07) is 10.6. The molecule has 2 nitrogen and oxygen atoms in total. The maximum Gasteiger partial charge on any atom is 0.127 e. The van der Waals surface area contributed by atoms with Crippen molar-refractivity contribution < 1.29 is 9.47 Å². The van der Waals surface area contributed by atoms with Crippen molar-refractivity contribution in [1.82, 2.24) is 0 Å². The summed E-state index contributed by atoms with van der Waals surface area (Å²) in [5.41, 5.74) is 2.72. The van der Waals surface area contributed by atoms with Gasteiger partial charge in [0.05, 0.1) is 6.61 Å². The fraction of sp³-hybridized carbons (Fsp3) is 0.412. The number of aryl methyl sites for hydroxylation is 2. The van der Waals surface area contributed by atoms with Crippen LogP contribution in [-0.4, -0.2) is 20.3 Å². The number of hydrogen-bond acceptors (Lipinski definition) is 2. The zero-order valence-electron chi connectivity index (χ0n) is 12.0. The van der Waals surface area contributed by atoms with E-state index in [1.54, 1.807) is 7.11 Å². The highest BCUT2D eigenvalue weighted by molar-refractivity contribution is 5.92. The highest BCUT2D eigenvalue weighted by Gasteiger charge is 2.08. The Morgan fingerprint density at radius 1 is 1.05 bits per heavy atom. The van der Waals surface area contributed by atoms with Gasteiger partial charge in [-0.05, 0) is 35.9 Å². The second kappa shape index (κ2) is 6.58. The van der Waals surface area contributed by atoms with Crippen LogP contribution < -0.4 is 4.74 Å². The fourth-order valence-corrected chi connectivity index (χ4v) is 2.41. The molecule has 102 valence electrons. The van der Waals surface area contributed by atoms with Crippen molar-refractivity contribution in [3.8, 4) is 5.75 Å². The van der Waals surface area contributed by atoms with Crippen molar-refractivity contribution in [2.24, 2.45) is 0 Å². The molecule has 2 aromatic rings. The van der Waals surface area contributed by atoms with Crippen molar-refractivity contribution in [3.63, 3.8) is 0 Å². The van der Waals surface area contributed by atoms with E-state index in [9.17, 15) is 0 Å². The van der Waals surface area contributed by atoms with Gasteiger partial charge in [0.15, 0.2) is 0 Å². The molecule has 0 saturated carbocycles. The number of rotatable bonds is 6. The van der Waals surface area contributed by atoms with Gasteiger partial charge >= 0.3 is 0 Å². The van der Waals surface area contributed by atoms with Gasteiger partial charge in [-0.3, -0.25) is 0 Å². The van der Waals surface area contributed by atoms with E-state index in [1.165, 1.54) is 21.9 Å². The first-order valence-corrected chi connectivity index (χ1v) is 6.91. The first-order valence-electron chi connectivity index (χ1n) is 6.91. The maximum atomic E-state index is 5.94. The van der Waals surface area contributed by atoms with Crippen molar-refractivity contribution in [2.75, 3.05) is 20.3 Å². The van der Waals surface area contributed by atoms with Crippen molar-refractivity contribution in [2.45, 2.75) is 26.7 Å². The highest BCUT2D eigenvalue weighted by atomic mass is 16.5. The average Bonchev–Trinajstić information content (AvgIpc) is 2.46. The monoisotopic (exact) mass is 258 g/mol. The largest absolute Gasteiger partial charge is 0.493 e. The lowest BCUT2D eigenvalue weighted by atomic mass is 9.98. The van der Waals surface area contributed by atoms with Gasteiger partial charge < -0.3 is 9.47 Å². The third-order valence-corrected chi connectivity index (χ3v) is 3.51. The highest BCUT2D eigenvalue weighted by Crippen LogP contribution is 2.31. The minimum Gasteiger partial charge on any atom is -0.493 e. The molecular formula is C17H22O2. The molecule has 0 aliphatic rings. The molecule has 2 rings (SSSR count). The van der Waals surface area contributed by atoms with Crippen LogP contribution in [0.2, 0.25) is 0 Å². The second-order valence-corrected chi connectivity index (χ2v) is 4.75. The minimum atomic E-state index is 0.698. The van der Waals surface area contributed by atoms with Crippen LogP contribution in [0.25, 0.3) is 10.8 Å². The van der Waals surface area contributed by atoms with E-state index in [1.807, 2.05) is 0 Å². The van der Waals surface area contributed by atoms with E-state index >= 15 is 0 Å². The molecule has 0 fully saturated rings. The number of hydrogen-bond donors (Lipinski definition) is 0. The van der Waals surface area contributed by atoms with Crippen LogP contribution in [0.15, 0.2) is 30.3 Å². The lowest BCUT2D eigenvalue weighted by Crippen LogP contribution is -2.03. The molecule has 0 bridgehead atoms. The topological polar surface area (TPSA) is 18.5 Å². The summed E-state index contributed by atoms with van der Waals surface area (Å²) in [4.78, 5) is 0. The Kier molecular flexibility index (Phi) is 4.80. The van der Waals surface area contributed by atoms with E-state index in [4.69, 9.17) is 9.47 Å². The molecule has 0 aliphatic heterocycles. The van der Waals surface area contributed by atoms with Gasteiger partial charge in [0, 0.05) is 25.5 Å². The molecule has 19 heavy (non-hydrogen) atoms. The van der Waals surface area contributed by atoms with Crippen LogP contribution in [0.5, 0.6) is 5.75 Å². The van der Waals surface area contributed by atoms with Crippen LogP contribution >= 0.6 is 0 Å². The third-order valence-electron chi connectivity index (χ3n) is 3.51. The SMILES string of the molecule is CCc1cc(OCCCOC)c2ccccc2c1C. The predicted octanol–water partition coefficient (Wildman–Crippen LogP) is 4.13. The average molecular weight is 258 g/mol. The zero-order valence-corrected chi connectivity index (χ0v) is 12.0. The molecule has 0 atom stereocenters. The molecule has 0 aliphatic carbocycles. The molecule has 0 radical (unpaired) electrons. The van der Waals surface area contributed by atoms with Crippen molar-refractivity contribution in [3.05, 3.63) is 41.5 Å². The van der Waals surface area contributed by atoms with E-state index in [-0.39, 0.29) is 0 Å². The maximum absolute atomic E-state index is 5.94. The number of ether oxygens (including phenoxy) is 2. The first kappa shape index (κ1) is 13.9. The Balaban J connectivity index is 2.33. The van der Waals surface area contributed by atoms with Gasteiger partial charge in [0.25, 0.3) is 0 Å². The van der Waals surface area contributed by atoms with Gasteiger partial charge in [-0.1, -0.05) is 31.2 Å². The van der Waals surface area contributed by atoms with Crippen LogP contribution in [0.3, 0.4) is 0 Å². The van der Waals surface area contributed by atoms with Gasteiger partial charge in [-0.2, -0.15) is 0 Å². The van der Waals surface area contributed by atoms with Gasteiger partial charge in [-0.15, -0.1) is 0 Å². The number of benzene rings is 2. The first-order chi connectivity index (χ1) is 9.27. The van der Waals surface area contributed by atoms with Crippen LogP contribution in [0.1, 0.15) is 24.5 Å². The normalized spacial score (nSPS) is 10.9. The summed E-state index contributed by atoms with van der Waals surface area (Å²) in [5, 5.41) is 2.50. The van der Waals surface area contributed by atoms with E-state index in [2.05, 4.69) is 44.2 Å². The van der Waals surface area contributed by atoms with E-state index in [0.717, 1.165) is 25.2 Å². The Bertz CT molecular complexity index is 546. The standard InChI is InChI=1S/C17H22O2/c1-4-14-12-17(19-11-7-10-18-3)16-9-6-5-8-15(16)13(14)2/h5-6,8-9,12H,4,7,10-11H2,1-3H3. The molecule has 0 spiro atoms. The fourth-order valence-electron chi connectivity index (χ4n) is 2.41. The summed E-state index contributed by atoms with van der Waals surface area (Å²) >= 11 is 0. The van der Waals surface area contributed by atoms with Crippen LogP contribution in [-0.2, 0) is 11.2 Å². The van der Waals surface area contributed by atoms with Gasteiger partial charge in [0.1, 0.15) is 5.75 Å². The molecule has 2 heteroatoms. The van der Waals surface area contributed by atoms with E-state index < -0.39 is 0 Å². The Morgan fingerprint density at radius 2 is 1.79 bits per heavy atom. The summed E-state index contributed by atoms with van der Waals surface area (Å²) in [7, 11) is 1.72. The third kappa shape index (κ3) is 3.07. The van der Waals surface area contributed by atoms with Crippen molar-refractivity contribution in [1.29, 1.82) is 0 Å². The van der Waals surface area contributed by atoms with Gasteiger partial charge in [0.2, 0.25) is 0 Å².